The molecular formula is C18H14N2O3. The van der Waals surface area contributed by atoms with Crippen LogP contribution >= 0.6 is 0 Å². The van der Waals surface area contributed by atoms with E-state index in [1.54, 1.807) is 12.4 Å². The number of carboxylic acid groups (broad SMARTS) is 1. The number of hydrogen-bond acceptors (Lipinski definition) is 4. The maximum Gasteiger partial charge on any atom is 0.328 e. The van der Waals surface area contributed by atoms with Gasteiger partial charge in [0, 0.05) is 24.0 Å². The molecule has 1 N–H and O–H groups in total. The molecule has 0 spiro atoms. The van der Waals surface area contributed by atoms with Crippen LogP contribution in [-0.2, 0) is 11.4 Å². The Morgan fingerprint density at radius 3 is 2.57 bits per heavy atom. The maximum absolute atomic E-state index is 10.4. The van der Waals surface area contributed by atoms with Crippen molar-refractivity contribution in [3.05, 3.63) is 72.3 Å². The van der Waals surface area contributed by atoms with Crippen LogP contribution in [-0.4, -0.2) is 21.0 Å². The van der Waals surface area contributed by atoms with Crippen LogP contribution in [0.3, 0.4) is 0 Å². The number of aliphatic carboxylic acids is 1. The minimum Gasteiger partial charge on any atom is -0.486 e. The molecule has 5 nitrogen and oxygen atoms in total. The van der Waals surface area contributed by atoms with Gasteiger partial charge in [-0.2, -0.15) is 0 Å². The third-order valence-electron chi connectivity index (χ3n) is 3.23. The van der Waals surface area contributed by atoms with E-state index in [2.05, 4.69) is 9.97 Å². The first-order valence-corrected chi connectivity index (χ1v) is 7.04. The average Bonchev–Trinajstić information content (AvgIpc) is 2.59. The van der Waals surface area contributed by atoms with Gasteiger partial charge in [-0.3, -0.25) is 0 Å². The first-order chi connectivity index (χ1) is 11.2. The van der Waals surface area contributed by atoms with Crippen molar-refractivity contribution in [3.8, 4) is 5.75 Å². The molecule has 3 rings (SSSR count). The van der Waals surface area contributed by atoms with Crippen LogP contribution < -0.4 is 4.74 Å². The zero-order valence-electron chi connectivity index (χ0n) is 12.2. The fourth-order valence-electron chi connectivity index (χ4n) is 2.10. The number of carboxylic acids is 1. The molecule has 0 unspecified atom stereocenters. The minimum absolute atomic E-state index is 0.251. The summed E-state index contributed by atoms with van der Waals surface area (Å²) in [6.45, 7) is 0.251. The summed E-state index contributed by atoms with van der Waals surface area (Å²) in [4.78, 5) is 18.8. The molecule has 0 aliphatic rings. The molecular weight excluding hydrogens is 292 g/mol. The SMILES string of the molecule is O=C(O)/C=C/c1cnc(COc2ccc3ccccc3c2)nc1. The number of nitrogens with zero attached hydrogens (tertiary/aromatic N) is 2. The zero-order chi connectivity index (χ0) is 16.1. The van der Waals surface area contributed by atoms with Crippen molar-refractivity contribution in [1.82, 2.24) is 9.97 Å². The topological polar surface area (TPSA) is 72.3 Å². The van der Waals surface area contributed by atoms with E-state index >= 15 is 0 Å². The molecule has 0 atom stereocenters. The molecule has 1 aromatic heterocycles. The summed E-state index contributed by atoms with van der Waals surface area (Å²) in [7, 11) is 0. The van der Waals surface area contributed by atoms with Gasteiger partial charge in [0.2, 0.25) is 0 Å². The van der Waals surface area contributed by atoms with E-state index in [1.807, 2.05) is 42.5 Å². The van der Waals surface area contributed by atoms with Gasteiger partial charge in [-0.15, -0.1) is 0 Å². The first-order valence-electron chi connectivity index (χ1n) is 7.04. The molecule has 0 saturated carbocycles. The Labute approximate surface area is 132 Å². The monoisotopic (exact) mass is 306 g/mol. The Morgan fingerprint density at radius 1 is 1.09 bits per heavy atom. The highest BCUT2D eigenvalue weighted by Crippen LogP contribution is 2.21. The van der Waals surface area contributed by atoms with Gasteiger partial charge in [0.05, 0.1) is 0 Å². The standard InChI is InChI=1S/C18H14N2O3/c21-18(22)8-5-13-10-19-17(20-11-13)12-23-16-7-6-14-3-1-2-4-15(14)9-16/h1-11H,12H2,(H,21,22)/b8-5+. The van der Waals surface area contributed by atoms with Crippen molar-refractivity contribution in [3.63, 3.8) is 0 Å². The first kappa shape index (κ1) is 14.7. The summed E-state index contributed by atoms with van der Waals surface area (Å²) in [5.74, 6) is 0.279. The van der Waals surface area contributed by atoms with E-state index in [4.69, 9.17) is 9.84 Å². The number of ether oxygens (including phenoxy) is 1. The fourth-order valence-corrected chi connectivity index (χ4v) is 2.10. The molecule has 0 radical (unpaired) electrons. The van der Waals surface area contributed by atoms with Crippen molar-refractivity contribution in [2.75, 3.05) is 0 Å². The third kappa shape index (κ3) is 3.91. The summed E-state index contributed by atoms with van der Waals surface area (Å²) in [5, 5.41) is 10.8. The Balaban J connectivity index is 1.66. The van der Waals surface area contributed by atoms with Gasteiger partial charge in [-0.05, 0) is 29.0 Å². The summed E-state index contributed by atoms with van der Waals surface area (Å²) in [5.41, 5.74) is 0.627. The number of hydrogen-bond donors (Lipinski definition) is 1. The smallest absolute Gasteiger partial charge is 0.328 e. The van der Waals surface area contributed by atoms with Crippen LogP contribution in [0.4, 0.5) is 0 Å². The van der Waals surface area contributed by atoms with E-state index in [0.717, 1.165) is 22.6 Å². The predicted molar refractivity (Wildman–Crippen MR) is 87.0 cm³/mol. The lowest BCUT2D eigenvalue weighted by Gasteiger charge is -2.06. The van der Waals surface area contributed by atoms with E-state index in [0.29, 0.717) is 11.4 Å². The Morgan fingerprint density at radius 2 is 1.83 bits per heavy atom. The second-order valence-electron chi connectivity index (χ2n) is 4.90. The summed E-state index contributed by atoms with van der Waals surface area (Å²) in [6.07, 6.45) is 5.61. The summed E-state index contributed by atoms with van der Waals surface area (Å²) < 4.78 is 5.70. The van der Waals surface area contributed by atoms with Crippen molar-refractivity contribution in [2.45, 2.75) is 6.61 Å². The van der Waals surface area contributed by atoms with Gasteiger partial charge in [0.25, 0.3) is 0 Å². The molecule has 5 heteroatoms. The fraction of sp³-hybridized carbons (Fsp3) is 0.0556. The van der Waals surface area contributed by atoms with E-state index in [-0.39, 0.29) is 6.61 Å². The molecule has 2 aromatic carbocycles. The van der Waals surface area contributed by atoms with Crippen molar-refractivity contribution >= 4 is 22.8 Å². The number of rotatable bonds is 5. The molecule has 0 amide bonds. The zero-order valence-corrected chi connectivity index (χ0v) is 12.2. The quantitative estimate of drug-likeness (QED) is 0.732. The van der Waals surface area contributed by atoms with Crippen LogP contribution in [0.2, 0.25) is 0 Å². The molecule has 114 valence electrons. The highest BCUT2D eigenvalue weighted by molar-refractivity contribution is 5.85. The Bertz CT molecular complexity index is 858. The van der Waals surface area contributed by atoms with E-state index in [9.17, 15) is 4.79 Å². The van der Waals surface area contributed by atoms with Gasteiger partial charge in [-0.1, -0.05) is 30.3 Å². The number of benzene rings is 2. The molecule has 0 saturated heterocycles. The lowest BCUT2D eigenvalue weighted by Crippen LogP contribution is -2.01. The lowest BCUT2D eigenvalue weighted by molar-refractivity contribution is -0.131. The van der Waals surface area contributed by atoms with Crippen molar-refractivity contribution < 1.29 is 14.6 Å². The van der Waals surface area contributed by atoms with Crippen LogP contribution in [0.25, 0.3) is 16.8 Å². The normalized spacial score (nSPS) is 11.0. The molecule has 0 aliphatic heterocycles. The molecule has 0 aliphatic carbocycles. The van der Waals surface area contributed by atoms with Gasteiger partial charge in [0.15, 0.2) is 5.82 Å². The van der Waals surface area contributed by atoms with Gasteiger partial charge in [0.1, 0.15) is 12.4 Å². The molecule has 3 aromatic rings. The van der Waals surface area contributed by atoms with Gasteiger partial charge < -0.3 is 9.84 Å². The van der Waals surface area contributed by atoms with Crippen molar-refractivity contribution in [2.24, 2.45) is 0 Å². The van der Waals surface area contributed by atoms with E-state index in [1.165, 1.54) is 6.08 Å². The molecule has 1 heterocycles. The third-order valence-corrected chi connectivity index (χ3v) is 3.23. The average molecular weight is 306 g/mol. The largest absolute Gasteiger partial charge is 0.486 e. The number of fused-ring (bicyclic) bond motifs is 1. The van der Waals surface area contributed by atoms with Crippen LogP contribution in [0.5, 0.6) is 5.75 Å². The summed E-state index contributed by atoms with van der Waals surface area (Å²) in [6, 6.07) is 13.9. The minimum atomic E-state index is -1.01. The molecule has 0 fully saturated rings. The second-order valence-corrected chi connectivity index (χ2v) is 4.90. The highest BCUT2D eigenvalue weighted by Gasteiger charge is 2.01. The molecule has 0 bridgehead atoms. The summed E-state index contributed by atoms with van der Waals surface area (Å²) >= 11 is 0. The van der Waals surface area contributed by atoms with Crippen LogP contribution in [0.1, 0.15) is 11.4 Å². The predicted octanol–water partition coefficient (Wildman–Crippen LogP) is 3.31. The maximum atomic E-state index is 10.4. The number of carbonyl (C=O) groups is 1. The highest BCUT2D eigenvalue weighted by atomic mass is 16.5. The molecule has 23 heavy (non-hydrogen) atoms. The number of aromatic nitrogens is 2. The van der Waals surface area contributed by atoms with E-state index < -0.39 is 5.97 Å². The Kier molecular flexibility index (Phi) is 4.29. The lowest BCUT2D eigenvalue weighted by atomic mass is 10.1. The van der Waals surface area contributed by atoms with Crippen LogP contribution in [0.15, 0.2) is 60.9 Å². The van der Waals surface area contributed by atoms with Crippen molar-refractivity contribution in [1.29, 1.82) is 0 Å². The van der Waals surface area contributed by atoms with Crippen LogP contribution in [0, 0.1) is 0 Å². The van der Waals surface area contributed by atoms with Gasteiger partial charge in [-0.25, -0.2) is 14.8 Å². The Hall–Kier alpha value is -3.21. The second kappa shape index (κ2) is 6.70. The van der Waals surface area contributed by atoms with Gasteiger partial charge >= 0.3 is 5.97 Å².